The average molecular weight is 202 g/mol. The van der Waals surface area contributed by atoms with E-state index < -0.39 is 0 Å². The standard InChI is InChI=1S/C13H18N2/c1-4-9-15-11(3)10(2)14-12-7-5-6-8-13(12)15/h4H,1,3,5-9H2,2H3. The van der Waals surface area contributed by atoms with E-state index in [1.165, 1.54) is 24.2 Å². The summed E-state index contributed by atoms with van der Waals surface area (Å²) >= 11 is 0. The zero-order valence-electron chi connectivity index (χ0n) is 9.42. The molecular weight excluding hydrogens is 184 g/mol. The molecule has 15 heavy (non-hydrogen) atoms. The topological polar surface area (TPSA) is 15.6 Å². The molecule has 0 aromatic heterocycles. The zero-order valence-corrected chi connectivity index (χ0v) is 9.42. The second kappa shape index (κ2) is 4.05. The van der Waals surface area contributed by atoms with Crippen molar-refractivity contribution in [1.82, 2.24) is 4.90 Å². The molecule has 0 atom stereocenters. The second-order valence-electron chi connectivity index (χ2n) is 4.14. The van der Waals surface area contributed by atoms with Crippen LogP contribution in [0.1, 0.15) is 32.6 Å². The first-order valence-electron chi connectivity index (χ1n) is 5.59. The fourth-order valence-electron chi connectivity index (χ4n) is 2.26. The van der Waals surface area contributed by atoms with Gasteiger partial charge in [0, 0.05) is 12.2 Å². The average Bonchev–Trinajstić information content (AvgIpc) is 2.25. The highest BCUT2D eigenvalue weighted by Gasteiger charge is 2.24. The van der Waals surface area contributed by atoms with Crippen molar-refractivity contribution in [3.05, 3.63) is 36.3 Å². The van der Waals surface area contributed by atoms with Crippen molar-refractivity contribution in [1.29, 1.82) is 0 Å². The Balaban J connectivity index is 2.37. The summed E-state index contributed by atoms with van der Waals surface area (Å²) in [4.78, 5) is 6.91. The fourth-order valence-corrected chi connectivity index (χ4v) is 2.26. The highest BCUT2D eigenvalue weighted by Crippen LogP contribution is 2.33. The van der Waals surface area contributed by atoms with Gasteiger partial charge in [0.15, 0.2) is 0 Å². The van der Waals surface area contributed by atoms with Gasteiger partial charge in [0.05, 0.1) is 17.1 Å². The summed E-state index contributed by atoms with van der Waals surface area (Å²) in [6.07, 6.45) is 6.73. The van der Waals surface area contributed by atoms with Crippen molar-refractivity contribution in [2.45, 2.75) is 32.6 Å². The number of aliphatic imine (C=N–C) groups is 1. The lowest BCUT2D eigenvalue weighted by molar-refractivity contribution is 0.431. The number of hydrogen-bond donors (Lipinski definition) is 0. The van der Waals surface area contributed by atoms with Gasteiger partial charge in [-0.05, 0) is 32.6 Å². The Labute approximate surface area is 91.7 Å². The molecule has 2 rings (SSSR count). The number of rotatable bonds is 2. The molecule has 0 radical (unpaired) electrons. The number of nitrogens with zero attached hydrogens (tertiary/aromatic N) is 2. The molecular formula is C13H18N2. The Morgan fingerprint density at radius 3 is 2.87 bits per heavy atom. The first-order chi connectivity index (χ1) is 7.24. The molecule has 2 aliphatic rings. The van der Waals surface area contributed by atoms with Gasteiger partial charge in [-0.25, -0.2) is 0 Å². The summed E-state index contributed by atoms with van der Waals surface area (Å²) in [7, 11) is 0. The lowest BCUT2D eigenvalue weighted by atomic mass is 9.98. The van der Waals surface area contributed by atoms with Gasteiger partial charge in [-0.3, -0.25) is 4.99 Å². The Hall–Kier alpha value is -1.31. The maximum atomic E-state index is 4.64. The summed E-state index contributed by atoms with van der Waals surface area (Å²) in [6, 6.07) is 0. The molecule has 2 heteroatoms. The van der Waals surface area contributed by atoms with Crippen LogP contribution in [0.3, 0.4) is 0 Å². The van der Waals surface area contributed by atoms with Gasteiger partial charge in [-0.1, -0.05) is 12.7 Å². The van der Waals surface area contributed by atoms with Crippen LogP contribution in [0.4, 0.5) is 0 Å². The first kappa shape index (κ1) is 10.2. The number of hydrogen-bond acceptors (Lipinski definition) is 2. The summed E-state index contributed by atoms with van der Waals surface area (Å²) < 4.78 is 0. The van der Waals surface area contributed by atoms with E-state index >= 15 is 0 Å². The molecule has 0 saturated heterocycles. The largest absolute Gasteiger partial charge is 0.339 e. The molecule has 0 aromatic carbocycles. The molecule has 1 aliphatic carbocycles. The van der Waals surface area contributed by atoms with E-state index in [0.29, 0.717) is 0 Å². The van der Waals surface area contributed by atoms with Gasteiger partial charge in [-0.2, -0.15) is 0 Å². The highest BCUT2D eigenvalue weighted by atomic mass is 15.2. The smallest absolute Gasteiger partial charge is 0.0607 e. The predicted octanol–water partition coefficient (Wildman–Crippen LogP) is 3.25. The van der Waals surface area contributed by atoms with Crippen LogP contribution in [0.25, 0.3) is 0 Å². The van der Waals surface area contributed by atoms with E-state index in [9.17, 15) is 0 Å². The van der Waals surface area contributed by atoms with Crippen LogP contribution in [0, 0.1) is 0 Å². The third-order valence-electron chi connectivity index (χ3n) is 3.09. The molecule has 1 aliphatic heterocycles. The molecule has 0 unspecified atom stereocenters. The van der Waals surface area contributed by atoms with Crippen molar-refractivity contribution in [2.75, 3.05) is 6.54 Å². The van der Waals surface area contributed by atoms with E-state index in [4.69, 9.17) is 0 Å². The van der Waals surface area contributed by atoms with E-state index in [1.54, 1.807) is 0 Å². The summed E-state index contributed by atoms with van der Waals surface area (Å²) in [6.45, 7) is 10.8. The quantitative estimate of drug-likeness (QED) is 0.628. The molecule has 0 N–H and O–H groups in total. The fraction of sp³-hybridized carbons (Fsp3) is 0.462. The Morgan fingerprint density at radius 2 is 2.13 bits per heavy atom. The maximum absolute atomic E-state index is 4.64. The van der Waals surface area contributed by atoms with Crippen molar-refractivity contribution < 1.29 is 0 Å². The van der Waals surface area contributed by atoms with Crippen molar-refractivity contribution in [2.24, 2.45) is 4.99 Å². The molecule has 0 amide bonds. The van der Waals surface area contributed by atoms with Crippen molar-refractivity contribution >= 4 is 5.71 Å². The van der Waals surface area contributed by atoms with E-state index in [1.807, 2.05) is 13.0 Å². The third kappa shape index (κ3) is 1.76. The van der Waals surface area contributed by atoms with Crippen molar-refractivity contribution in [3.63, 3.8) is 0 Å². The maximum Gasteiger partial charge on any atom is 0.0607 e. The minimum atomic E-state index is 0.852. The molecule has 80 valence electrons. The van der Waals surface area contributed by atoms with E-state index in [0.717, 1.165) is 30.8 Å². The monoisotopic (exact) mass is 202 g/mol. The molecule has 0 bridgehead atoms. The van der Waals surface area contributed by atoms with Gasteiger partial charge in [-0.15, -0.1) is 6.58 Å². The van der Waals surface area contributed by atoms with Gasteiger partial charge < -0.3 is 4.90 Å². The minimum Gasteiger partial charge on any atom is -0.339 e. The Kier molecular flexibility index (Phi) is 2.76. The van der Waals surface area contributed by atoms with Crippen molar-refractivity contribution in [3.8, 4) is 0 Å². The van der Waals surface area contributed by atoms with Crippen LogP contribution < -0.4 is 0 Å². The summed E-state index contributed by atoms with van der Waals surface area (Å²) in [5.74, 6) is 0. The number of allylic oxidation sites excluding steroid dienone is 3. The van der Waals surface area contributed by atoms with E-state index in [-0.39, 0.29) is 0 Å². The Bertz CT molecular complexity index is 361. The molecule has 0 spiro atoms. The van der Waals surface area contributed by atoms with Gasteiger partial charge in [0.2, 0.25) is 0 Å². The van der Waals surface area contributed by atoms with Crippen LogP contribution in [-0.2, 0) is 0 Å². The van der Waals surface area contributed by atoms with Crippen LogP contribution in [0.5, 0.6) is 0 Å². The van der Waals surface area contributed by atoms with Crippen LogP contribution >= 0.6 is 0 Å². The zero-order chi connectivity index (χ0) is 10.8. The predicted molar refractivity (Wildman–Crippen MR) is 64.6 cm³/mol. The molecule has 0 saturated carbocycles. The molecule has 2 nitrogen and oxygen atoms in total. The van der Waals surface area contributed by atoms with Gasteiger partial charge in [0.1, 0.15) is 0 Å². The van der Waals surface area contributed by atoms with E-state index in [2.05, 4.69) is 23.1 Å². The highest BCUT2D eigenvalue weighted by molar-refractivity contribution is 5.99. The minimum absolute atomic E-state index is 0.852. The first-order valence-corrected chi connectivity index (χ1v) is 5.59. The lowest BCUT2D eigenvalue weighted by Crippen LogP contribution is -2.31. The SMILES string of the molecule is C=CCN1C(=C)C(C)=NC2=C1CCCC2. The van der Waals surface area contributed by atoms with Crippen LogP contribution in [0.15, 0.2) is 41.3 Å². The molecule has 0 fully saturated rings. The summed E-state index contributed by atoms with van der Waals surface area (Å²) in [5, 5.41) is 0. The normalized spacial score (nSPS) is 21.3. The summed E-state index contributed by atoms with van der Waals surface area (Å²) in [5.41, 5.74) is 4.73. The van der Waals surface area contributed by atoms with Gasteiger partial charge in [0.25, 0.3) is 0 Å². The van der Waals surface area contributed by atoms with Gasteiger partial charge >= 0.3 is 0 Å². The third-order valence-corrected chi connectivity index (χ3v) is 3.09. The van der Waals surface area contributed by atoms with Crippen LogP contribution in [0.2, 0.25) is 0 Å². The Morgan fingerprint density at radius 1 is 1.40 bits per heavy atom. The van der Waals surface area contributed by atoms with Crippen LogP contribution in [-0.4, -0.2) is 17.2 Å². The molecule has 0 aromatic rings. The molecule has 1 heterocycles. The lowest BCUT2D eigenvalue weighted by Gasteiger charge is -2.35. The second-order valence-corrected chi connectivity index (χ2v) is 4.14.